The molecule has 1 aromatic heterocycles. The average Bonchev–Trinajstić information content (AvgIpc) is 2.69. The largest absolute Gasteiger partial charge is 0.325 e. The number of halogens is 2. The summed E-state index contributed by atoms with van der Waals surface area (Å²) < 4.78 is -0.926. The highest BCUT2D eigenvalue weighted by Crippen LogP contribution is 2.64. The van der Waals surface area contributed by atoms with Gasteiger partial charge in [-0.2, -0.15) is 0 Å². The van der Waals surface area contributed by atoms with Gasteiger partial charge in [0.05, 0.1) is 5.41 Å². The molecule has 1 N–H and O–H groups in total. The Morgan fingerprint density at radius 1 is 1.47 bits per heavy atom. The Morgan fingerprint density at radius 3 is 2.47 bits per heavy atom. The third kappa shape index (κ3) is 1.82. The molecule has 2 rings (SSSR count). The lowest BCUT2D eigenvalue weighted by atomic mass is 10.1. The fourth-order valence-corrected chi connectivity index (χ4v) is 2.06. The molecule has 1 aliphatic rings. The molecule has 0 unspecified atom stereocenters. The van der Waals surface area contributed by atoms with Crippen molar-refractivity contribution in [2.45, 2.75) is 17.7 Å². The zero-order chi connectivity index (χ0) is 11.1. The summed E-state index contributed by atoms with van der Waals surface area (Å²) in [4.78, 5) is 15.7. The van der Waals surface area contributed by atoms with Gasteiger partial charge in [0.25, 0.3) is 0 Å². The second kappa shape index (κ2) is 3.35. The number of hydrogen-bond acceptors (Lipinski definition) is 2. The van der Waals surface area contributed by atoms with Gasteiger partial charge in [-0.1, -0.05) is 0 Å². The summed E-state index contributed by atoms with van der Waals surface area (Å²) in [6, 6.07) is 3.43. The molecule has 1 aromatic rings. The van der Waals surface area contributed by atoms with Crippen LogP contribution >= 0.6 is 23.2 Å². The van der Waals surface area contributed by atoms with Crippen molar-refractivity contribution in [1.29, 1.82) is 0 Å². The SMILES string of the molecule is C[C@@]1(C(=O)Nc2ccncc2)CC1(Cl)Cl. The molecule has 0 radical (unpaired) electrons. The number of hydrogen-bond donors (Lipinski definition) is 1. The van der Waals surface area contributed by atoms with Crippen LogP contribution in [0.2, 0.25) is 0 Å². The lowest BCUT2D eigenvalue weighted by Crippen LogP contribution is -2.25. The van der Waals surface area contributed by atoms with Crippen LogP contribution in [0.15, 0.2) is 24.5 Å². The highest BCUT2D eigenvalue weighted by Gasteiger charge is 2.67. The monoisotopic (exact) mass is 244 g/mol. The van der Waals surface area contributed by atoms with Crippen LogP contribution in [0, 0.1) is 5.41 Å². The molecule has 5 heteroatoms. The first-order valence-corrected chi connectivity index (χ1v) is 5.31. The van der Waals surface area contributed by atoms with Crippen LogP contribution in [0.4, 0.5) is 5.69 Å². The van der Waals surface area contributed by atoms with Crippen LogP contribution in [0.1, 0.15) is 13.3 Å². The molecule has 15 heavy (non-hydrogen) atoms. The Balaban J connectivity index is 2.07. The molecule has 1 saturated carbocycles. The minimum atomic E-state index is -0.926. The maximum absolute atomic E-state index is 11.8. The highest BCUT2D eigenvalue weighted by atomic mass is 35.5. The van der Waals surface area contributed by atoms with Crippen LogP contribution in [0.25, 0.3) is 0 Å². The van der Waals surface area contributed by atoms with E-state index < -0.39 is 9.75 Å². The maximum atomic E-state index is 11.8. The van der Waals surface area contributed by atoms with Crippen molar-refractivity contribution in [1.82, 2.24) is 4.98 Å². The van der Waals surface area contributed by atoms with E-state index in [-0.39, 0.29) is 5.91 Å². The number of rotatable bonds is 2. The van der Waals surface area contributed by atoms with Crippen molar-refractivity contribution in [2.24, 2.45) is 5.41 Å². The molecule has 80 valence electrons. The topological polar surface area (TPSA) is 42.0 Å². The number of amides is 1. The Labute approximate surface area is 97.8 Å². The van der Waals surface area contributed by atoms with E-state index >= 15 is 0 Å². The van der Waals surface area contributed by atoms with E-state index in [2.05, 4.69) is 10.3 Å². The van der Waals surface area contributed by atoms with Crippen LogP contribution in [0.5, 0.6) is 0 Å². The molecule has 1 fully saturated rings. The molecule has 1 aliphatic carbocycles. The van der Waals surface area contributed by atoms with Crippen molar-refractivity contribution < 1.29 is 4.79 Å². The van der Waals surface area contributed by atoms with E-state index in [9.17, 15) is 4.79 Å². The first-order valence-electron chi connectivity index (χ1n) is 4.55. The summed E-state index contributed by atoms with van der Waals surface area (Å²) in [5.74, 6) is -0.154. The number of nitrogens with one attached hydrogen (secondary N) is 1. The summed E-state index contributed by atoms with van der Waals surface area (Å²) in [6.45, 7) is 1.75. The van der Waals surface area contributed by atoms with Gasteiger partial charge in [0, 0.05) is 18.1 Å². The Kier molecular flexibility index (Phi) is 2.40. The molecule has 0 spiro atoms. The third-order valence-electron chi connectivity index (χ3n) is 2.70. The van der Waals surface area contributed by atoms with E-state index in [1.54, 1.807) is 31.5 Å². The van der Waals surface area contributed by atoms with E-state index in [0.717, 1.165) is 0 Å². The molecule has 0 aromatic carbocycles. The zero-order valence-electron chi connectivity index (χ0n) is 8.13. The molecule has 1 heterocycles. The minimum absolute atomic E-state index is 0.154. The summed E-state index contributed by atoms with van der Waals surface area (Å²) in [5.41, 5.74) is 0.0200. The Bertz CT molecular complexity index is 394. The fraction of sp³-hybridized carbons (Fsp3) is 0.400. The zero-order valence-corrected chi connectivity index (χ0v) is 9.64. The minimum Gasteiger partial charge on any atom is -0.325 e. The second-order valence-electron chi connectivity index (χ2n) is 3.90. The average molecular weight is 245 g/mol. The summed E-state index contributed by atoms with van der Waals surface area (Å²) >= 11 is 11.8. The van der Waals surface area contributed by atoms with Crippen LogP contribution in [-0.4, -0.2) is 15.2 Å². The quantitative estimate of drug-likeness (QED) is 0.813. The van der Waals surface area contributed by atoms with Gasteiger partial charge in [-0.05, 0) is 25.5 Å². The molecule has 0 aliphatic heterocycles. The third-order valence-corrected chi connectivity index (χ3v) is 3.80. The molecule has 0 saturated heterocycles. The summed E-state index contributed by atoms with van der Waals surface area (Å²) in [7, 11) is 0. The number of nitrogens with zero attached hydrogens (tertiary/aromatic N) is 1. The van der Waals surface area contributed by atoms with Gasteiger partial charge in [-0.25, -0.2) is 0 Å². The predicted molar refractivity (Wildman–Crippen MR) is 60.0 cm³/mol. The first kappa shape index (κ1) is 10.7. The number of anilines is 1. The number of alkyl halides is 2. The lowest BCUT2D eigenvalue weighted by molar-refractivity contribution is -0.120. The molecular formula is C10H10Cl2N2O. The lowest BCUT2D eigenvalue weighted by Gasteiger charge is -2.12. The van der Waals surface area contributed by atoms with Crippen molar-refractivity contribution in [2.75, 3.05) is 5.32 Å². The van der Waals surface area contributed by atoms with Crippen molar-refractivity contribution in [3.63, 3.8) is 0 Å². The molecule has 3 nitrogen and oxygen atoms in total. The van der Waals surface area contributed by atoms with Crippen molar-refractivity contribution >= 4 is 34.8 Å². The smallest absolute Gasteiger partial charge is 0.233 e. The molecule has 1 atom stereocenters. The van der Waals surface area contributed by atoms with Crippen LogP contribution in [0.3, 0.4) is 0 Å². The predicted octanol–water partition coefficient (Wildman–Crippen LogP) is 2.60. The maximum Gasteiger partial charge on any atom is 0.233 e. The summed E-state index contributed by atoms with van der Waals surface area (Å²) in [5, 5.41) is 2.75. The number of carbonyl (C=O) groups excluding carboxylic acids is 1. The molecular weight excluding hydrogens is 235 g/mol. The number of pyridine rings is 1. The number of aromatic nitrogens is 1. The van der Waals surface area contributed by atoms with E-state index in [0.29, 0.717) is 12.1 Å². The van der Waals surface area contributed by atoms with E-state index in [1.807, 2.05) is 0 Å². The Hall–Kier alpha value is -0.800. The van der Waals surface area contributed by atoms with Gasteiger partial charge < -0.3 is 5.32 Å². The Morgan fingerprint density at radius 2 is 2.00 bits per heavy atom. The first-order chi connectivity index (χ1) is 6.96. The van der Waals surface area contributed by atoms with Gasteiger partial charge in [-0.15, -0.1) is 23.2 Å². The van der Waals surface area contributed by atoms with Gasteiger partial charge >= 0.3 is 0 Å². The second-order valence-corrected chi connectivity index (χ2v) is 5.39. The van der Waals surface area contributed by atoms with Gasteiger partial charge in [0.15, 0.2) is 0 Å². The molecule has 1 amide bonds. The summed E-state index contributed by atoms with van der Waals surface area (Å²) in [6.07, 6.45) is 3.71. The van der Waals surface area contributed by atoms with Crippen LogP contribution in [-0.2, 0) is 4.79 Å². The van der Waals surface area contributed by atoms with E-state index in [1.165, 1.54) is 0 Å². The van der Waals surface area contributed by atoms with Crippen LogP contribution < -0.4 is 5.32 Å². The van der Waals surface area contributed by atoms with E-state index in [4.69, 9.17) is 23.2 Å². The molecule has 0 bridgehead atoms. The van der Waals surface area contributed by atoms with Gasteiger partial charge in [-0.3, -0.25) is 9.78 Å². The van der Waals surface area contributed by atoms with Gasteiger partial charge in [0.2, 0.25) is 5.91 Å². The fourth-order valence-electron chi connectivity index (χ4n) is 1.35. The normalized spacial score (nSPS) is 27.1. The van der Waals surface area contributed by atoms with Crippen molar-refractivity contribution in [3.05, 3.63) is 24.5 Å². The van der Waals surface area contributed by atoms with Gasteiger partial charge in [0.1, 0.15) is 4.33 Å². The number of carbonyl (C=O) groups is 1. The van der Waals surface area contributed by atoms with Crippen molar-refractivity contribution in [3.8, 4) is 0 Å². The standard InChI is InChI=1S/C10H10Cl2N2O/c1-9(6-10(9,11)12)8(15)14-7-2-4-13-5-3-7/h2-5H,6H2,1H3,(H,13,14,15)/t9-/m0/s1. The highest BCUT2D eigenvalue weighted by molar-refractivity contribution is 6.53.